The number of rotatable bonds is 7. The first-order valence-corrected chi connectivity index (χ1v) is 11.9. The number of imidazole rings is 1. The first kappa shape index (κ1) is 27.9. The molecular formula is C29H31F4N3O. The second kappa shape index (κ2) is 11.6. The van der Waals surface area contributed by atoms with Crippen molar-refractivity contribution in [3.63, 3.8) is 0 Å². The van der Waals surface area contributed by atoms with E-state index >= 15 is 0 Å². The fourth-order valence-corrected chi connectivity index (χ4v) is 4.46. The molecule has 1 N–H and O–H groups in total. The van der Waals surface area contributed by atoms with Crippen molar-refractivity contribution in [1.29, 1.82) is 0 Å². The molecule has 1 aromatic heterocycles. The van der Waals surface area contributed by atoms with Crippen LogP contribution in [0.1, 0.15) is 53.5 Å². The third-order valence-corrected chi connectivity index (χ3v) is 6.53. The van der Waals surface area contributed by atoms with Gasteiger partial charge in [0.15, 0.2) is 23.3 Å². The Morgan fingerprint density at radius 2 is 1.84 bits per heavy atom. The van der Waals surface area contributed by atoms with Gasteiger partial charge in [0.2, 0.25) is 5.91 Å². The van der Waals surface area contributed by atoms with E-state index in [-0.39, 0.29) is 11.5 Å². The van der Waals surface area contributed by atoms with Gasteiger partial charge in [0.25, 0.3) is 0 Å². The highest BCUT2D eigenvalue weighted by Crippen LogP contribution is 2.45. The van der Waals surface area contributed by atoms with Crippen molar-refractivity contribution in [2.75, 3.05) is 5.32 Å². The Hall–Kier alpha value is -3.68. The maximum Gasteiger partial charge on any atom is 0.248 e. The number of hydrogen-bond donors (Lipinski definition) is 1. The summed E-state index contributed by atoms with van der Waals surface area (Å²) in [6, 6.07) is 0.681. The molecule has 1 unspecified atom stereocenters. The van der Waals surface area contributed by atoms with E-state index in [0.717, 1.165) is 24.5 Å². The Morgan fingerprint density at radius 1 is 1.11 bits per heavy atom. The summed E-state index contributed by atoms with van der Waals surface area (Å²) < 4.78 is 55.6. The third kappa shape index (κ3) is 6.76. The summed E-state index contributed by atoms with van der Waals surface area (Å²) >= 11 is 0. The first-order valence-electron chi connectivity index (χ1n) is 11.9. The number of carbonyl (C=O) groups excluding carboxylic acids is 1. The van der Waals surface area contributed by atoms with Gasteiger partial charge in [0.05, 0.1) is 18.1 Å². The number of aromatic nitrogens is 2. The van der Waals surface area contributed by atoms with Crippen LogP contribution >= 0.6 is 0 Å². The lowest BCUT2D eigenvalue weighted by Crippen LogP contribution is -2.25. The van der Waals surface area contributed by atoms with Crippen LogP contribution in [0, 0.1) is 28.7 Å². The molecule has 196 valence electrons. The van der Waals surface area contributed by atoms with Crippen LogP contribution in [0.4, 0.5) is 23.2 Å². The minimum Gasteiger partial charge on any atom is -0.330 e. The van der Waals surface area contributed by atoms with Gasteiger partial charge in [-0.05, 0) is 55.7 Å². The van der Waals surface area contributed by atoms with Crippen LogP contribution in [-0.2, 0) is 4.79 Å². The molecule has 1 amide bonds. The van der Waals surface area contributed by atoms with Crippen LogP contribution in [0.15, 0.2) is 83.5 Å². The zero-order valence-corrected chi connectivity index (χ0v) is 21.6. The summed E-state index contributed by atoms with van der Waals surface area (Å²) in [6.07, 6.45) is 18.4. The highest BCUT2D eigenvalue weighted by molar-refractivity contribution is 6.00. The first-order chi connectivity index (χ1) is 17.4. The second-order valence-corrected chi connectivity index (χ2v) is 9.87. The van der Waals surface area contributed by atoms with Gasteiger partial charge in [0.1, 0.15) is 0 Å². The van der Waals surface area contributed by atoms with E-state index < -0.39 is 34.9 Å². The number of amides is 1. The van der Waals surface area contributed by atoms with Gasteiger partial charge in [0, 0.05) is 24.5 Å². The zero-order valence-electron chi connectivity index (χ0n) is 21.6. The van der Waals surface area contributed by atoms with Crippen LogP contribution in [0.2, 0.25) is 0 Å². The van der Waals surface area contributed by atoms with E-state index in [9.17, 15) is 22.4 Å². The van der Waals surface area contributed by atoms with Crippen LogP contribution in [0.5, 0.6) is 0 Å². The third-order valence-electron chi connectivity index (χ3n) is 6.53. The second-order valence-electron chi connectivity index (χ2n) is 9.87. The van der Waals surface area contributed by atoms with Gasteiger partial charge in [-0.25, -0.2) is 22.5 Å². The lowest BCUT2D eigenvalue weighted by atomic mass is 9.71. The van der Waals surface area contributed by atoms with Crippen molar-refractivity contribution in [3.8, 4) is 0 Å². The number of benzene rings is 1. The summed E-state index contributed by atoms with van der Waals surface area (Å²) in [7, 11) is 0. The van der Waals surface area contributed by atoms with Crippen LogP contribution in [0.25, 0.3) is 0 Å². The molecule has 1 aromatic carbocycles. The number of hydrogen-bond acceptors (Lipinski definition) is 2. The maximum atomic E-state index is 13.8. The lowest BCUT2D eigenvalue weighted by molar-refractivity contribution is -0.112. The molecule has 37 heavy (non-hydrogen) atoms. The molecular weight excluding hydrogens is 482 g/mol. The zero-order chi connectivity index (χ0) is 27.3. The average Bonchev–Trinajstić information content (AvgIpc) is 3.35. The summed E-state index contributed by atoms with van der Waals surface area (Å²) in [5.74, 6) is -7.98. The monoisotopic (exact) mass is 513 g/mol. The molecule has 1 aliphatic rings. The Kier molecular flexibility index (Phi) is 8.73. The summed E-state index contributed by atoms with van der Waals surface area (Å²) in [6.45, 7) is 10.3. The van der Waals surface area contributed by atoms with Gasteiger partial charge in [-0.15, -0.1) is 0 Å². The molecule has 0 aliphatic heterocycles. The number of anilines is 1. The van der Waals surface area contributed by atoms with E-state index in [2.05, 4.69) is 36.4 Å². The Balaban J connectivity index is 1.68. The summed E-state index contributed by atoms with van der Waals surface area (Å²) in [5, 5.41) is 2.02. The predicted octanol–water partition coefficient (Wildman–Crippen LogP) is 7.76. The number of carbonyl (C=O) groups is 1. The van der Waals surface area contributed by atoms with Crippen molar-refractivity contribution < 1.29 is 22.4 Å². The van der Waals surface area contributed by atoms with E-state index in [1.165, 1.54) is 11.1 Å². The minimum absolute atomic E-state index is 0.0519. The van der Waals surface area contributed by atoms with E-state index in [4.69, 9.17) is 0 Å². The van der Waals surface area contributed by atoms with Gasteiger partial charge in [-0.3, -0.25) is 4.79 Å². The highest BCUT2D eigenvalue weighted by atomic mass is 19.2. The molecule has 0 bridgehead atoms. The topological polar surface area (TPSA) is 46.9 Å². The molecule has 1 atom stereocenters. The predicted molar refractivity (Wildman–Crippen MR) is 138 cm³/mol. The quantitative estimate of drug-likeness (QED) is 0.135. The molecule has 0 radical (unpaired) electrons. The SMILES string of the molecule is CC(C=CC1=C(C)C(n2ccnc2)CCC1(C)C)=CC=CC(C)=CC(=O)Nc1cc(F)c(F)c(F)c1F. The van der Waals surface area contributed by atoms with Crippen molar-refractivity contribution in [1.82, 2.24) is 9.55 Å². The molecule has 0 saturated heterocycles. The Bertz CT molecular complexity index is 1320. The van der Waals surface area contributed by atoms with Crippen molar-refractivity contribution in [2.24, 2.45) is 5.41 Å². The van der Waals surface area contributed by atoms with Crippen LogP contribution in [-0.4, -0.2) is 15.5 Å². The normalized spacial score (nSPS) is 18.8. The number of allylic oxidation sites excluding steroid dienone is 9. The largest absolute Gasteiger partial charge is 0.330 e. The van der Waals surface area contributed by atoms with Gasteiger partial charge >= 0.3 is 0 Å². The number of halogens is 4. The van der Waals surface area contributed by atoms with E-state index in [1.807, 2.05) is 36.9 Å². The lowest BCUT2D eigenvalue weighted by Gasteiger charge is -2.37. The van der Waals surface area contributed by atoms with Gasteiger partial charge < -0.3 is 9.88 Å². The van der Waals surface area contributed by atoms with E-state index in [0.29, 0.717) is 11.6 Å². The molecule has 1 heterocycles. The minimum atomic E-state index is -1.98. The molecule has 4 nitrogen and oxygen atoms in total. The summed E-state index contributed by atoms with van der Waals surface area (Å²) in [4.78, 5) is 16.3. The molecule has 0 spiro atoms. The molecule has 1 aliphatic carbocycles. The standard InChI is InChI=1S/C29H31F4N3O/c1-18(9-10-21-20(3)24(11-12-29(21,4)5)36-14-13-34-17-36)7-6-8-19(2)15-25(37)35-23-16-22(30)26(31)28(33)27(23)32/h6-10,13-17,24H,11-12H2,1-5H3,(H,35,37). The molecule has 2 aromatic rings. The van der Waals surface area contributed by atoms with Crippen molar-refractivity contribution >= 4 is 11.6 Å². The Labute approximate surface area is 214 Å². The average molecular weight is 514 g/mol. The fourth-order valence-electron chi connectivity index (χ4n) is 4.46. The van der Waals surface area contributed by atoms with Crippen molar-refractivity contribution in [2.45, 2.75) is 53.5 Å². The molecule has 0 saturated carbocycles. The van der Waals surface area contributed by atoms with Gasteiger partial charge in [-0.2, -0.15) is 0 Å². The summed E-state index contributed by atoms with van der Waals surface area (Å²) in [5.41, 5.74) is 3.40. The Morgan fingerprint density at radius 3 is 2.51 bits per heavy atom. The smallest absolute Gasteiger partial charge is 0.248 e. The van der Waals surface area contributed by atoms with Gasteiger partial charge in [-0.1, -0.05) is 49.8 Å². The number of nitrogens with zero attached hydrogens (tertiary/aromatic N) is 2. The van der Waals surface area contributed by atoms with Crippen molar-refractivity contribution in [3.05, 3.63) is 107 Å². The highest BCUT2D eigenvalue weighted by Gasteiger charge is 2.32. The maximum absolute atomic E-state index is 13.8. The molecule has 3 rings (SSSR count). The van der Waals surface area contributed by atoms with Crippen LogP contribution < -0.4 is 5.32 Å². The molecule has 0 fully saturated rings. The van der Waals surface area contributed by atoms with Crippen LogP contribution in [0.3, 0.4) is 0 Å². The molecule has 8 heteroatoms. The fraction of sp³-hybridized carbons (Fsp3) is 0.310. The van der Waals surface area contributed by atoms with E-state index in [1.54, 1.807) is 25.3 Å². The number of nitrogens with one attached hydrogen (secondary N) is 1.